The highest BCUT2D eigenvalue weighted by Crippen LogP contribution is 2.44. The number of benzene rings is 2. The Labute approximate surface area is 212 Å². The highest BCUT2D eigenvalue weighted by molar-refractivity contribution is 5.76. The Morgan fingerprint density at radius 3 is 2.62 bits per heavy atom. The van der Waals surface area contributed by atoms with Gasteiger partial charge in [-0.2, -0.15) is 4.98 Å². The van der Waals surface area contributed by atoms with E-state index in [0.717, 1.165) is 5.56 Å². The van der Waals surface area contributed by atoms with Crippen LogP contribution in [0.2, 0.25) is 0 Å². The predicted octanol–water partition coefficient (Wildman–Crippen LogP) is 4.72. The fourth-order valence-corrected chi connectivity index (χ4v) is 4.07. The molecule has 4 rings (SSSR count). The summed E-state index contributed by atoms with van der Waals surface area (Å²) in [5, 5.41) is 18.8. The Morgan fingerprint density at radius 2 is 1.89 bits per heavy atom. The third-order valence-electron chi connectivity index (χ3n) is 5.72. The highest BCUT2D eigenvalue weighted by Gasteiger charge is 2.36. The molecule has 1 aliphatic rings. The van der Waals surface area contributed by atoms with Crippen LogP contribution >= 0.6 is 0 Å². The van der Waals surface area contributed by atoms with E-state index in [0.29, 0.717) is 34.8 Å². The van der Waals surface area contributed by atoms with Gasteiger partial charge in [0.25, 0.3) is 11.6 Å². The summed E-state index contributed by atoms with van der Waals surface area (Å²) in [6.07, 6.45) is -0.479. The maximum absolute atomic E-state index is 12.5. The molecule has 0 spiro atoms. The number of carbonyl (C=O) groups excluding carboxylic acids is 1. The number of nitro benzene ring substituents is 1. The van der Waals surface area contributed by atoms with Gasteiger partial charge in [0.2, 0.25) is 0 Å². The molecule has 11 nitrogen and oxygen atoms in total. The zero-order chi connectivity index (χ0) is 26.4. The lowest BCUT2D eigenvalue weighted by Gasteiger charge is -2.29. The molecule has 0 fully saturated rings. The van der Waals surface area contributed by atoms with Gasteiger partial charge in [0, 0.05) is 31.4 Å². The van der Waals surface area contributed by atoms with E-state index in [-0.39, 0.29) is 30.6 Å². The fraction of sp³-hybridized carbons (Fsp3) is 0.269. The average molecular weight is 507 g/mol. The minimum Gasteiger partial charge on any atom is -0.432 e. The van der Waals surface area contributed by atoms with Gasteiger partial charge in [-0.05, 0) is 25.0 Å². The molecule has 1 aliphatic heterocycles. The smallest absolute Gasteiger partial charge is 0.432 e. The third kappa shape index (κ3) is 6.01. The number of rotatable bonds is 9. The van der Waals surface area contributed by atoms with Crippen molar-refractivity contribution in [1.82, 2.24) is 15.5 Å². The van der Waals surface area contributed by atoms with Crippen LogP contribution in [0.4, 0.5) is 10.5 Å². The van der Waals surface area contributed by atoms with Crippen LogP contribution in [0.15, 0.2) is 76.3 Å². The minimum atomic E-state index is -0.933. The van der Waals surface area contributed by atoms with Crippen molar-refractivity contribution in [2.45, 2.75) is 26.2 Å². The summed E-state index contributed by atoms with van der Waals surface area (Å²) in [4.78, 5) is 28.1. The second-order valence-corrected chi connectivity index (χ2v) is 8.31. The topological polar surface area (TPSA) is 139 Å². The summed E-state index contributed by atoms with van der Waals surface area (Å²) >= 11 is 0. The first-order valence-electron chi connectivity index (χ1n) is 11.5. The molecule has 0 radical (unpaired) electrons. The number of methoxy groups -OCH3 is 1. The summed E-state index contributed by atoms with van der Waals surface area (Å²) < 4.78 is 21.3. The van der Waals surface area contributed by atoms with E-state index in [9.17, 15) is 14.9 Å². The van der Waals surface area contributed by atoms with Gasteiger partial charge in [-0.15, -0.1) is 0 Å². The average Bonchev–Trinajstić information content (AvgIpc) is 3.34. The molecule has 0 aliphatic carbocycles. The summed E-state index contributed by atoms with van der Waals surface area (Å²) in [5.41, 5.74) is 3.14. The van der Waals surface area contributed by atoms with E-state index >= 15 is 0 Å². The maximum atomic E-state index is 12.5. The lowest BCUT2D eigenvalue weighted by Crippen LogP contribution is -2.27. The first-order valence-corrected chi connectivity index (χ1v) is 11.5. The molecule has 0 bridgehead atoms. The predicted molar refractivity (Wildman–Crippen MR) is 132 cm³/mol. The number of allylic oxidation sites excluding steroid dienone is 3. The van der Waals surface area contributed by atoms with Gasteiger partial charge in [-0.25, -0.2) is 4.79 Å². The van der Waals surface area contributed by atoms with Crippen molar-refractivity contribution in [3.8, 4) is 0 Å². The van der Waals surface area contributed by atoms with Gasteiger partial charge in [0.05, 0.1) is 28.7 Å². The van der Waals surface area contributed by atoms with Gasteiger partial charge in [0.15, 0.2) is 5.82 Å². The fourth-order valence-electron chi connectivity index (χ4n) is 4.07. The van der Waals surface area contributed by atoms with Gasteiger partial charge in [-0.3, -0.25) is 10.1 Å². The van der Waals surface area contributed by atoms with Crippen molar-refractivity contribution in [2.24, 2.45) is 0 Å². The molecule has 0 saturated carbocycles. The Bertz CT molecular complexity index is 1350. The van der Waals surface area contributed by atoms with E-state index in [1.54, 1.807) is 19.1 Å². The molecule has 3 aromatic rings. The Morgan fingerprint density at radius 1 is 1.11 bits per heavy atom. The molecule has 1 unspecified atom stereocenters. The van der Waals surface area contributed by atoms with Crippen molar-refractivity contribution in [3.05, 3.63) is 105 Å². The molecular formula is C26H26N4O7. The Balaban J connectivity index is 1.73. The number of ether oxygens (including phenoxy) is 3. The van der Waals surface area contributed by atoms with Gasteiger partial charge >= 0.3 is 6.16 Å². The minimum absolute atomic E-state index is 0.00476. The number of non-ortho nitro benzene ring substituents is 1. The monoisotopic (exact) mass is 506 g/mol. The number of hydrogen-bond donors (Lipinski definition) is 1. The summed E-state index contributed by atoms with van der Waals surface area (Å²) in [7, 11) is 1.49. The second-order valence-electron chi connectivity index (χ2n) is 8.31. The van der Waals surface area contributed by atoms with Crippen LogP contribution in [0.25, 0.3) is 5.57 Å². The zero-order valence-corrected chi connectivity index (χ0v) is 20.6. The number of hydrogen-bond acceptors (Lipinski definition) is 10. The van der Waals surface area contributed by atoms with Crippen LogP contribution in [0.3, 0.4) is 0 Å². The lowest BCUT2D eigenvalue weighted by atomic mass is 9.84. The second kappa shape index (κ2) is 11.5. The van der Waals surface area contributed by atoms with Crippen LogP contribution in [0, 0.1) is 10.1 Å². The number of nitrogens with one attached hydrogen (secondary N) is 1. The summed E-state index contributed by atoms with van der Waals surface area (Å²) in [6, 6.07) is 15.8. The molecule has 11 heteroatoms. The van der Waals surface area contributed by atoms with Gasteiger partial charge in [0.1, 0.15) is 12.4 Å². The van der Waals surface area contributed by atoms with Crippen LogP contribution in [0.1, 0.15) is 42.6 Å². The van der Waals surface area contributed by atoms with Crippen molar-refractivity contribution in [2.75, 3.05) is 20.3 Å². The van der Waals surface area contributed by atoms with E-state index in [4.69, 9.17) is 18.7 Å². The van der Waals surface area contributed by atoms with Crippen LogP contribution in [0.5, 0.6) is 0 Å². The number of nitrogens with zero attached hydrogens (tertiary/aromatic N) is 3. The number of carbonyl (C=O) groups is 1. The molecule has 2 aromatic carbocycles. The standard InChI is InChI=1S/C26H26N4O7/c1-16-22(25-28-21(29-37-25)14-18-8-5-4-6-9-18)23(19-10-7-11-20(15-19)30(32)33)24(17(2)27-16)36-26(31)35-13-12-34-3/h4-11,15,23,27H,12-14H2,1-3H3. The highest BCUT2D eigenvalue weighted by atomic mass is 16.7. The largest absolute Gasteiger partial charge is 0.513 e. The number of dihydropyridines is 1. The number of nitro groups is 1. The molecule has 37 heavy (non-hydrogen) atoms. The maximum Gasteiger partial charge on any atom is 0.513 e. The van der Waals surface area contributed by atoms with E-state index < -0.39 is 17.0 Å². The Hall–Kier alpha value is -4.51. The normalized spacial score (nSPS) is 15.4. The molecule has 1 atom stereocenters. The van der Waals surface area contributed by atoms with E-state index in [2.05, 4.69) is 15.5 Å². The quantitative estimate of drug-likeness (QED) is 0.188. The first kappa shape index (κ1) is 25.6. The van der Waals surface area contributed by atoms with Crippen molar-refractivity contribution < 1.29 is 28.5 Å². The molecule has 0 amide bonds. The van der Waals surface area contributed by atoms with Crippen molar-refractivity contribution in [3.63, 3.8) is 0 Å². The summed E-state index contributed by atoms with van der Waals surface area (Å²) in [5.74, 6) is 0.105. The van der Waals surface area contributed by atoms with E-state index in [1.807, 2.05) is 37.3 Å². The first-order chi connectivity index (χ1) is 17.9. The van der Waals surface area contributed by atoms with E-state index in [1.165, 1.54) is 19.2 Å². The van der Waals surface area contributed by atoms with Crippen molar-refractivity contribution >= 4 is 17.4 Å². The van der Waals surface area contributed by atoms with Crippen LogP contribution in [-0.4, -0.2) is 41.5 Å². The molecule has 0 saturated heterocycles. The molecule has 1 aromatic heterocycles. The zero-order valence-electron chi connectivity index (χ0n) is 20.6. The van der Waals surface area contributed by atoms with Crippen LogP contribution < -0.4 is 5.32 Å². The van der Waals surface area contributed by atoms with Crippen molar-refractivity contribution in [1.29, 1.82) is 0 Å². The molecule has 1 N–H and O–H groups in total. The van der Waals surface area contributed by atoms with Gasteiger partial charge < -0.3 is 24.1 Å². The summed E-state index contributed by atoms with van der Waals surface area (Å²) in [6.45, 7) is 3.76. The molecular weight excluding hydrogens is 480 g/mol. The van der Waals surface area contributed by atoms with Crippen LogP contribution in [-0.2, 0) is 20.6 Å². The molecule has 192 valence electrons. The molecule has 2 heterocycles. The third-order valence-corrected chi connectivity index (χ3v) is 5.72. The number of aromatic nitrogens is 2. The SMILES string of the molecule is COCCOC(=O)OC1=C(C)NC(C)=C(c2nc(Cc3ccccc3)no2)C1c1cccc([N+](=O)[O-])c1. The Kier molecular flexibility index (Phi) is 7.94. The van der Waals surface area contributed by atoms with Gasteiger partial charge in [-0.1, -0.05) is 47.6 Å². The lowest BCUT2D eigenvalue weighted by molar-refractivity contribution is -0.384.